The maximum absolute atomic E-state index is 10.7. The third-order valence-electron chi connectivity index (χ3n) is 1.66. The van der Waals surface area contributed by atoms with Crippen molar-refractivity contribution < 1.29 is 14.3 Å². The Morgan fingerprint density at radius 2 is 1.61 bits per heavy atom. The molecule has 1 aromatic rings. The van der Waals surface area contributed by atoms with Gasteiger partial charge >= 0.3 is 6.09 Å². The molecule has 0 aliphatic carbocycles. The lowest BCUT2D eigenvalue weighted by Crippen LogP contribution is -2.27. The van der Waals surface area contributed by atoms with Gasteiger partial charge in [-0.05, 0) is 52.0 Å². The smallest absolute Gasteiger partial charge is 0.405 e. The Morgan fingerprint density at radius 3 is 1.83 bits per heavy atom. The van der Waals surface area contributed by atoms with Crippen LogP contribution < -0.4 is 5.73 Å². The lowest BCUT2D eigenvalue weighted by molar-refractivity contribution is 0.0600. The number of amides is 1. The highest BCUT2D eigenvalue weighted by atomic mass is 35.5. The summed E-state index contributed by atoms with van der Waals surface area (Å²) in [5.74, 6) is 0.0664. The fraction of sp³-hybridized carbons (Fsp3) is 0.385. The van der Waals surface area contributed by atoms with Gasteiger partial charge in [0.2, 0.25) is 0 Å². The summed E-state index contributed by atoms with van der Waals surface area (Å²) in [6.07, 6.45) is -0.725. The first-order chi connectivity index (χ1) is 8.11. The van der Waals surface area contributed by atoms with Crippen molar-refractivity contribution in [2.45, 2.75) is 33.3 Å². The minimum absolute atomic E-state index is 0.0664. The third kappa shape index (κ3) is 8.58. The maximum Gasteiger partial charge on any atom is 0.405 e. The average Bonchev–Trinajstić information content (AvgIpc) is 2.15. The van der Waals surface area contributed by atoms with Crippen LogP contribution in [0.4, 0.5) is 4.79 Å². The number of primary amides is 1. The Kier molecular flexibility index (Phi) is 6.41. The Labute approximate surface area is 112 Å². The normalized spacial score (nSPS) is 10.1. The molecular weight excluding hydrogens is 254 g/mol. The molecule has 2 N–H and O–H groups in total. The van der Waals surface area contributed by atoms with Crippen molar-refractivity contribution in [1.82, 2.24) is 0 Å². The molecule has 100 valence electrons. The Balaban J connectivity index is 0.000000331. The van der Waals surface area contributed by atoms with Crippen LogP contribution in [0.5, 0.6) is 0 Å². The van der Waals surface area contributed by atoms with E-state index in [2.05, 4.69) is 4.74 Å². The summed E-state index contributed by atoms with van der Waals surface area (Å²) in [7, 11) is 0. The van der Waals surface area contributed by atoms with Crippen LogP contribution in [0, 0.1) is 0 Å². The van der Waals surface area contributed by atoms with Crippen molar-refractivity contribution in [3.05, 3.63) is 34.9 Å². The molecule has 18 heavy (non-hydrogen) atoms. The van der Waals surface area contributed by atoms with Gasteiger partial charge in [-0.2, -0.15) is 0 Å². The van der Waals surface area contributed by atoms with Gasteiger partial charge in [0.15, 0.2) is 5.78 Å². The Morgan fingerprint density at radius 1 is 1.17 bits per heavy atom. The standard InChI is InChI=1S/C8H7ClO.C5H11NO2/c1-6(10)7-2-4-8(9)5-3-7;1-5(2,3)8-4(6)7/h2-5H,1H3;1-3H3,(H2,6,7). The van der Waals surface area contributed by atoms with E-state index in [-0.39, 0.29) is 5.78 Å². The number of hydrogen-bond acceptors (Lipinski definition) is 3. The molecular formula is C13H18ClNO3. The number of rotatable bonds is 1. The van der Waals surface area contributed by atoms with Gasteiger partial charge in [0.1, 0.15) is 5.60 Å². The molecule has 1 amide bonds. The minimum atomic E-state index is -0.725. The van der Waals surface area contributed by atoms with Gasteiger partial charge in [-0.1, -0.05) is 11.6 Å². The molecule has 0 bridgehead atoms. The van der Waals surface area contributed by atoms with Crippen LogP contribution in [0.15, 0.2) is 24.3 Å². The first-order valence-corrected chi connectivity index (χ1v) is 5.74. The fourth-order valence-corrected chi connectivity index (χ4v) is 1.11. The van der Waals surface area contributed by atoms with Crippen LogP contribution in [-0.4, -0.2) is 17.5 Å². The maximum atomic E-state index is 10.7. The van der Waals surface area contributed by atoms with Crippen molar-refractivity contribution in [1.29, 1.82) is 0 Å². The number of carbonyl (C=O) groups is 2. The van der Waals surface area contributed by atoms with Crippen molar-refractivity contribution in [2.75, 3.05) is 0 Å². The minimum Gasteiger partial charge on any atom is -0.444 e. The van der Waals surface area contributed by atoms with Gasteiger partial charge in [0, 0.05) is 10.6 Å². The summed E-state index contributed by atoms with van der Waals surface area (Å²) < 4.78 is 4.58. The van der Waals surface area contributed by atoms with Gasteiger partial charge in [0.25, 0.3) is 0 Å². The second-order valence-corrected chi connectivity index (χ2v) is 5.03. The van der Waals surface area contributed by atoms with Crippen LogP contribution in [0.3, 0.4) is 0 Å². The summed E-state index contributed by atoms with van der Waals surface area (Å²) in [6.45, 7) is 6.82. The average molecular weight is 272 g/mol. The summed E-state index contributed by atoms with van der Waals surface area (Å²) in [4.78, 5) is 20.7. The Hall–Kier alpha value is -1.55. The van der Waals surface area contributed by atoms with Gasteiger partial charge < -0.3 is 10.5 Å². The molecule has 0 radical (unpaired) electrons. The van der Waals surface area contributed by atoms with Crippen LogP contribution in [0.1, 0.15) is 38.1 Å². The molecule has 0 saturated carbocycles. The monoisotopic (exact) mass is 271 g/mol. The highest BCUT2D eigenvalue weighted by molar-refractivity contribution is 6.30. The van der Waals surface area contributed by atoms with Crippen molar-refractivity contribution in [2.24, 2.45) is 5.73 Å². The zero-order valence-electron chi connectivity index (χ0n) is 11.0. The SMILES string of the molecule is CC(=O)c1ccc(Cl)cc1.CC(C)(C)OC(N)=O. The van der Waals surface area contributed by atoms with E-state index in [0.717, 1.165) is 0 Å². The van der Waals surface area contributed by atoms with E-state index in [1.165, 1.54) is 6.92 Å². The molecule has 0 heterocycles. The molecule has 0 unspecified atom stereocenters. The molecule has 0 aliphatic rings. The van der Waals surface area contributed by atoms with Crippen molar-refractivity contribution in [3.8, 4) is 0 Å². The van der Waals surface area contributed by atoms with Crippen LogP contribution >= 0.6 is 11.6 Å². The third-order valence-corrected chi connectivity index (χ3v) is 1.91. The van der Waals surface area contributed by atoms with Crippen LogP contribution in [-0.2, 0) is 4.74 Å². The Bertz CT molecular complexity index is 407. The summed E-state index contributed by atoms with van der Waals surface area (Å²) in [5.41, 5.74) is 4.96. The van der Waals surface area contributed by atoms with E-state index < -0.39 is 11.7 Å². The fourth-order valence-electron chi connectivity index (χ4n) is 0.986. The van der Waals surface area contributed by atoms with Crippen LogP contribution in [0.2, 0.25) is 5.02 Å². The zero-order valence-corrected chi connectivity index (χ0v) is 11.7. The topological polar surface area (TPSA) is 69.4 Å². The second-order valence-electron chi connectivity index (χ2n) is 4.60. The molecule has 0 atom stereocenters. The zero-order chi connectivity index (χ0) is 14.3. The van der Waals surface area contributed by atoms with Gasteiger partial charge in [-0.3, -0.25) is 4.79 Å². The van der Waals surface area contributed by atoms with Gasteiger partial charge in [-0.25, -0.2) is 4.79 Å². The molecule has 1 aromatic carbocycles. The molecule has 0 aliphatic heterocycles. The number of hydrogen-bond donors (Lipinski definition) is 1. The number of Topliss-reactive ketones (excluding diaryl/α,β-unsaturated/α-hetero) is 1. The number of ether oxygens (including phenoxy) is 1. The van der Waals surface area contributed by atoms with Crippen molar-refractivity contribution in [3.63, 3.8) is 0 Å². The number of nitrogens with two attached hydrogens (primary N) is 1. The molecule has 0 aromatic heterocycles. The molecule has 4 nitrogen and oxygen atoms in total. The number of carbonyl (C=O) groups excluding carboxylic acids is 2. The predicted molar refractivity (Wildman–Crippen MR) is 71.9 cm³/mol. The number of benzene rings is 1. The first-order valence-electron chi connectivity index (χ1n) is 5.37. The second kappa shape index (κ2) is 7.01. The summed E-state index contributed by atoms with van der Waals surface area (Å²) in [5, 5.41) is 0.657. The highest BCUT2D eigenvalue weighted by Gasteiger charge is 2.12. The van der Waals surface area contributed by atoms with E-state index in [0.29, 0.717) is 10.6 Å². The van der Waals surface area contributed by atoms with Crippen LogP contribution in [0.25, 0.3) is 0 Å². The largest absolute Gasteiger partial charge is 0.444 e. The lowest BCUT2D eigenvalue weighted by Gasteiger charge is -2.16. The van der Waals surface area contributed by atoms with E-state index in [9.17, 15) is 9.59 Å². The predicted octanol–water partition coefficient (Wildman–Crippen LogP) is 3.42. The van der Waals surface area contributed by atoms with E-state index in [1.807, 2.05) is 0 Å². The quantitative estimate of drug-likeness (QED) is 0.796. The van der Waals surface area contributed by atoms with E-state index in [4.69, 9.17) is 17.3 Å². The molecule has 5 heteroatoms. The van der Waals surface area contributed by atoms with Gasteiger partial charge in [0.05, 0.1) is 0 Å². The number of halogens is 1. The lowest BCUT2D eigenvalue weighted by atomic mass is 10.2. The van der Waals surface area contributed by atoms with Gasteiger partial charge in [-0.15, -0.1) is 0 Å². The van der Waals surface area contributed by atoms with Crippen molar-refractivity contribution >= 4 is 23.5 Å². The molecule has 0 fully saturated rings. The summed E-state index contributed by atoms with van der Waals surface area (Å²) >= 11 is 5.61. The molecule has 0 spiro atoms. The van der Waals surface area contributed by atoms with E-state index in [1.54, 1.807) is 45.0 Å². The molecule has 1 rings (SSSR count). The van der Waals surface area contributed by atoms with E-state index >= 15 is 0 Å². The molecule has 0 saturated heterocycles. The first kappa shape index (κ1) is 16.4. The summed E-state index contributed by atoms with van der Waals surface area (Å²) in [6, 6.07) is 6.84. The highest BCUT2D eigenvalue weighted by Crippen LogP contribution is 2.09. The number of ketones is 1.